The fraction of sp³-hybridized carbons (Fsp3) is 0.286. The van der Waals surface area contributed by atoms with Gasteiger partial charge in [-0.3, -0.25) is 0 Å². The number of nitrogens with one attached hydrogen (secondary N) is 1. The summed E-state index contributed by atoms with van der Waals surface area (Å²) in [6.07, 6.45) is -2.65. The van der Waals surface area contributed by atoms with Crippen molar-refractivity contribution < 1.29 is 64.6 Å². The maximum atomic E-state index is 13.4. The number of hydrogen-bond acceptors (Lipinski definition) is 3. The number of fused-ring (bicyclic) bond motifs is 1. The fourth-order valence-electron chi connectivity index (χ4n) is 3.99. The van der Waals surface area contributed by atoms with Crippen molar-refractivity contribution >= 4 is 16.7 Å². The molecule has 1 unspecified atom stereocenters. The minimum absolute atomic E-state index is 0. The average molecular weight is 517 g/mol. The first-order valence-corrected chi connectivity index (χ1v) is 11.8. The largest absolute Gasteiger partial charge is 1.00 e. The number of nitrogens with zero attached hydrogens (tertiary/aromatic N) is 3. The Bertz CT molecular complexity index is 1280. The van der Waals surface area contributed by atoms with Crippen LogP contribution in [-0.2, 0) is 6.18 Å². The van der Waals surface area contributed by atoms with Crippen LogP contribution in [0.4, 0.5) is 19.0 Å². The van der Waals surface area contributed by atoms with Crippen LogP contribution in [0.2, 0.25) is 0 Å². The van der Waals surface area contributed by atoms with Crippen molar-refractivity contribution in [3.63, 3.8) is 0 Å². The van der Waals surface area contributed by atoms with Gasteiger partial charge in [0.25, 0.3) is 0 Å². The molecular weight excluding hydrogens is 488 g/mol. The van der Waals surface area contributed by atoms with Crippen LogP contribution in [0.25, 0.3) is 38.7 Å². The zero-order valence-corrected chi connectivity index (χ0v) is 23.9. The molecule has 1 atom stereocenters. The second-order valence-electron chi connectivity index (χ2n) is 8.52. The van der Waals surface area contributed by atoms with E-state index < -0.39 is 11.7 Å². The Morgan fingerprint density at radius 2 is 1.61 bits per heavy atom. The molecular formula is C28H28F3KN4. The minimum Gasteiger partial charge on any atom is -0.662 e. The van der Waals surface area contributed by atoms with Crippen LogP contribution in [0, 0.1) is 0 Å². The molecule has 0 saturated heterocycles. The molecule has 0 aliphatic heterocycles. The van der Waals surface area contributed by atoms with Gasteiger partial charge in [-0.2, -0.15) is 19.7 Å². The van der Waals surface area contributed by atoms with E-state index in [1.165, 1.54) is 6.07 Å². The number of benzene rings is 3. The van der Waals surface area contributed by atoms with Crippen molar-refractivity contribution in [1.29, 1.82) is 0 Å². The van der Waals surface area contributed by atoms with Gasteiger partial charge in [-0.25, -0.2) is 9.97 Å². The van der Waals surface area contributed by atoms with Crippen molar-refractivity contribution in [2.45, 2.75) is 38.9 Å². The van der Waals surface area contributed by atoms with E-state index in [1.807, 2.05) is 68.4 Å². The third kappa shape index (κ3) is 7.37. The minimum atomic E-state index is -4.45. The zero-order chi connectivity index (χ0) is 24.8. The van der Waals surface area contributed by atoms with Crippen LogP contribution in [0.5, 0.6) is 0 Å². The van der Waals surface area contributed by atoms with E-state index in [-0.39, 0.29) is 62.9 Å². The second kappa shape index (κ2) is 13.1. The van der Waals surface area contributed by atoms with E-state index in [1.54, 1.807) is 0 Å². The summed E-state index contributed by atoms with van der Waals surface area (Å²) in [5.41, 5.74) is 2.29. The first-order valence-electron chi connectivity index (χ1n) is 11.8. The van der Waals surface area contributed by atoms with E-state index in [4.69, 9.17) is 4.98 Å². The molecule has 0 fully saturated rings. The SMILES string of the molecule is CC[N-]CCCC(C)Nc1nc(-c2cccc(-c3ccccc3)c2)nc2cc(C(F)(F)F)ccc12.[K+]. The average Bonchev–Trinajstić information content (AvgIpc) is 2.86. The molecule has 0 aliphatic rings. The number of rotatable bonds is 9. The van der Waals surface area contributed by atoms with Crippen LogP contribution in [0.1, 0.15) is 32.3 Å². The van der Waals surface area contributed by atoms with Crippen LogP contribution in [0.3, 0.4) is 0 Å². The topological polar surface area (TPSA) is 51.9 Å². The van der Waals surface area contributed by atoms with Crippen molar-refractivity contribution in [3.05, 3.63) is 83.7 Å². The Hall–Kier alpha value is -1.81. The smallest absolute Gasteiger partial charge is 0.662 e. The molecule has 3 aromatic carbocycles. The standard InChI is InChI=1S/C28H28F3N4.K/c1-3-32-16-8-9-19(2)33-27-24-15-14-23(28(29,30)31)18-25(24)34-26(35-27)22-13-7-12-21(17-22)20-10-5-4-6-11-20;/h4-7,10-15,17-19H,3,8-9,16H2,1-2H3,(H,33,34,35);/q-1;+1. The number of anilines is 1. The zero-order valence-electron chi connectivity index (χ0n) is 20.8. The van der Waals surface area contributed by atoms with Gasteiger partial charge >= 0.3 is 57.6 Å². The third-order valence-electron chi connectivity index (χ3n) is 5.81. The van der Waals surface area contributed by atoms with Crippen molar-refractivity contribution in [2.75, 3.05) is 18.4 Å². The number of halogens is 3. The number of aromatic nitrogens is 2. The van der Waals surface area contributed by atoms with Crippen molar-refractivity contribution in [3.8, 4) is 22.5 Å². The maximum Gasteiger partial charge on any atom is 1.00 e. The Morgan fingerprint density at radius 3 is 2.33 bits per heavy atom. The first-order chi connectivity index (χ1) is 16.8. The molecule has 8 heteroatoms. The molecule has 0 amide bonds. The summed E-state index contributed by atoms with van der Waals surface area (Å²) in [4.78, 5) is 9.30. The normalized spacial score (nSPS) is 12.2. The molecule has 0 bridgehead atoms. The van der Waals surface area contributed by atoms with Crippen molar-refractivity contribution in [1.82, 2.24) is 9.97 Å². The molecule has 182 valence electrons. The molecule has 4 aromatic rings. The summed E-state index contributed by atoms with van der Waals surface area (Å²) in [7, 11) is 0. The summed E-state index contributed by atoms with van der Waals surface area (Å²) in [6.45, 7) is 5.64. The van der Waals surface area contributed by atoms with E-state index in [9.17, 15) is 13.2 Å². The van der Waals surface area contributed by atoms with E-state index in [2.05, 4.69) is 15.6 Å². The van der Waals surface area contributed by atoms with Gasteiger partial charge < -0.3 is 10.6 Å². The molecule has 4 nitrogen and oxygen atoms in total. The summed E-state index contributed by atoms with van der Waals surface area (Å²) in [6, 6.07) is 21.3. The molecule has 1 N–H and O–H groups in total. The molecule has 0 saturated carbocycles. The Balaban J connectivity index is 0.00000361. The molecule has 4 rings (SSSR count). The Morgan fingerprint density at radius 1 is 0.889 bits per heavy atom. The van der Waals surface area contributed by atoms with Crippen LogP contribution < -0.4 is 56.7 Å². The predicted octanol–water partition coefficient (Wildman–Crippen LogP) is 4.96. The van der Waals surface area contributed by atoms with E-state index >= 15 is 0 Å². The Kier molecular flexibility index (Phi) is 10.5. The molecule has 1 heterocycles. The summed E-state index contributed by atoms with van der Waals surface area (Å²) in [5, 5.41) is 8.32. The summed E-state index contributed by atoms with van der Waals surface area (Å²) >= 11 is 0. The van der Waals surface area contributed by atoms with Crippen molar-refractivity contribution in [2.24, 2.45) is 0 Å². The third-order valence-corrected chi connectivity index (χ3v) is 5.81. The van der Waals surface area contributed by atoms with Crippen LogP contribution in [0.15, 0.2) is 72.8 Å². The number of alkyl halides is 3. The Labute approximate surface area is 252 Å². The number of hydrogen-bond donors (Lipinski definition) is 1. The van der Waals surface area contributed by atoms with E-state index in [0.29, 0.717) is 17.0 Å². The molecule has 1 aromatic heterocycles. The van der Waals surface area contributed by atoms with Gasteiger partial charge in [0, 0.05) is 17.0 Å². The van der Waals surface area contributed by atoms with Gasteiger partial charge in [-0.15, -0.1) is 6.54 Å². The molecule has 0 radical (unpaired) electrons. The monoisotopic (exact) mass is 516 g/mol. The fourth-order valence-corrected chi connectivity index (χ4v) is 3.99. The van der Waals surface area contributed by atoms with E-state index in [0.717, 1.165) is 54.8 Å². The second-order valence-corrected chi connectivity index (χ2v) is 8.52. The van der Waals surface area contributed by atoms with Gasteiger partial charge in [-0.1, -0.05) is 61.9 Å². The maximum absolute atomic E-state index is 13.4. The van der Waals surface area contributed by atoms with Gasteiger partial charge in [0.05, 0.1) is 11.1 Å². The van der Waals surface area contributed by atoms with Crippen LogP contribution >= 0.6 is 0 Å². The summed E-state index contributed by atoms with van der Waals surface area (Å²) < 4.78 is 40.3. The molecule has 0 aliphatic carbocycles. The summed E-state index contributed by atoms with van der Waals surface area (Å²) in [5.74, 6) is 0.911. The molecule has 0 spiro atoms. The molecule has 36 heavy (non-hydrogen) atoms. The van der Waals surface area contributed by atoms with Gasteiger partial charge in [0.2, 0.25) is 0 Å². The van der Waals surface area contributed by atoms with Gasteiger partial charge in [0.15, 0.2) is 5.82 Å². The van der Waals surface area contributed by atoms with Gasteiger partial charge in [-0.05, 0) is 48.7 Å². The predicted molar refractivity (Wildman–Crippen MR) is 136 cm³/mol. The van der Waals surface area contributed by atoms with Crippen LogP contribution in [-0.4, -0.2) is 29.1 Å². The van der Waals surface area contributed by atoms with Gasteiger partial charge in [0.1, 0.15) is 5.82 Å². The quantitative estimate of drug-likeness (QED) is 0.253. The first kappa shape index (κ1) is 28.8.